The van der Waals surface area contributed by atoms with Crippen molar-refractivity contribution in [3.8, 4) is 0 Å². The molecule has 3 aromatic carbocycles. The van der Waals surface area contributed by atoms with E-state index in [1.165, 1.54) is 16.7 Å². The van der Waals surface area contributed by atoms with Crippen molar-refractivity contribution < 1.29 is 24.2 Å². The second-order valence-corrected chi connectivity index (χ2v) is 9.62. The minimum Gasteiger partial charge on any atom is -0.509 e. The predicted molar refractivity (Wildman–Crippen MR) is 136 cm³/mol. The zero-order valence-corrected chi connectivity index (χ0v) is 20.1. The quantitative estimate of drug-likeness (QED) is 0.379. The first kappa shape index (κ1) is 23.7. The van der Waals surface area contributed by atoms with Crippen molar-refractivity contribution in [1.82, 2.24) is 10.2 Å². The topological polar surface area (TPSA) is 95.9 Å². The summed E-state index contributed by atoms with van der Waals surface area (Å²) in [6, 6.07) is 27.0. The van der Waals surface area contributed by atoms with Crippen LogP contribution in [-0.4, -0.2) is 45.0 Å². The molecule has 1 saturated heterocycles. The molecule has 5 rings (SSSR count). The molecule has 2 amide bonds. The number of ether oxygens (including phenoxy) is 1. The number of aliphatic hydroxyl groups is 1. The van der Waals surface area contributed by atoms with E-state index in [1.807, 2.05) is 91.0 Å². The van der Waals surface area contributed by atoms with Crippen molar-refractivity contribution in [3.63, 3.8) is 0 Å². The molecule has 0 bridgehead atoms. The van der Waals surface area contributed by atoms with E-state index in [9.17, 15) is 19.5 Å². The SMILES string of the molecule is O=C(Cc1ccccc1)NC1C(=O)N2C(C(=O)OC(c3ccccc3)c3ccccc3)=C(O)CS[C@@H]12. The monoisotopic (exact) mass is 500 g/mol. The molecule has 0 aromatic heterocycles. The summed E-state index contributed by atoms with van der Waals surface area (Å²) in [7, 11) is 0. The molecule has 2 heterocycles. The standard InChI is InChI=1S/C28H24N2O5S/c31-21-17-36-27-23(29-22(32)16-18-10-4-1-5-11-18)26(33)30(27)24(21)28(34)35-25(19-12-6-2-7-13-19)20-14-8-3-9-15-20/h1-15,23,25,27,31H,16-17H2,(H,29,32)/t23?,27-/m0/s1. The van der Waals surface area contributed by atoms with Crippen LogP contribution in [0.4, 0.5) is 0 Å². The maximum atomic E-state index is 13.3. The van der Waals surface area contributed by atoms with Gasteiger partial charge in [0.25, 0.3) is 5.91 Å². The third-order valence-electron chi connectivity index (χ3n) is 6.10. The van der Waals surface area contributed by atoms with Gasteiger partial charge >= 0.3 is 5.97 Å². The molecular weight excluding hydrogens is 476 g/mol. The number of rotatable bonds is 7. The molecule has 3 aromatic rings. The molecule has 182 valence electrons. The molecule has 0 radical (unpaired) electrons. The first-order valence-electron chi connectivity index (χ1n) is 11.5. The molecule has 2 aliphatic rings. The number of benzene rings is 3. The molecular formula is C28H24N2O5S. The van der Waals surface area contributed by atoms with Crippen LogP contribution in [-0.2, 0) is 25.5 Å². The van der Waals surface area contributed by atoms with E-state index in [0.717, 1.165) is 16.7 Å². The number of β-lactam (4-membered cyclic amide) rings is 1. The molecule has 2 atom stereocenters. The number of hydrogen-bond acceptors (Lipinski definition) is 6. The third-order valence-corrected chi connectivity index (χ3v) is 7.36. The third kappa shape index (κ3) is 4.72. The Morgan fingerprint density at radius 1 is 0.944 bits per heavy atom. The van der Waals surface area contributed by atoms with Crippen LogP contribution in [0.2, 0.25) is 0 Å². The lowest BCUT2D eigenvalue weighted by Gasteiger charge is -2.48. The van der Waals surface area contributed by atoms with Gasteiger partial charge in [-0.1, -0.05) is 91.0 Å². The largest absolute Gasteiger partial charge is 0.509 e. The molecule has 0 spiro atoms. The van der Waals surface area contributed by atoms with E-state index in [0.29, 0.717) is 0 Å². The summed E-state index contributed by atoms with van der Waals surface area (Å²) in [6.45, 7) is 0. The van der Waals surface area contributed by atoms with Crippen molar-refractivity contribution in [2.24, 2.45) is 0 Å². The van der Waals surface area contributed by atoms with Crippen LogP contribution in [0.15, 0.2) is 102 Å². The van der Waals surface area contributed by atoms with Crippen molar-refractivity contribution in [3.05, 3.63) is 119 Å². The molecule has 36 heavy (non-hydrogen) atoms. The second-order valence-electron chi connectivity index (χ2n) is 8.52. The van der Waals surface area contributed by atoms with Crippen LogP contribution in [0, 0.1) is 0 Å². The van der Waals surface area contributed by atoms with Crippen LogP contribution < -0.4 is 5.32 Å². The Labute approximate surface area is 212 Å². The number of hydrogen-bond donors (Lipinski definition) is 2. The number of aliphatic hydroxyl groups excluding tert-OH is 1. The lowest BCUT2D eigenvalue weighted by molar-refractivity contribution is -0.155. The molecule has 8 heteroatoms. The van der Waals surface area contributed by atoms with E-state index < -0.39 is 29.4 Å². The van der Waals surface area contributed by atoms with Crippen molar-refractivity contribution in [2.45, 2.75) is 23.9 Å². The number of carbonyl (C=O) groups excluding carboxylic acids is 3. The highest BCUT2D eigenvalue weighted by Crippen LogP contribution is 2.41. The molecule has 1 unspecified atom stereocenters. The summed E-state index contributed by atoms with van der Waals surface area (Å²) in [5.41, 5.74) is 2.19. The number of thioether (sulfide) groups is 1. The number of fused-ring (bicyclic) bond motifs is 1. The Morgan fingerprint density at radius 3 is 2.08 bits per heavy atom. The van der Waals surface area contributed by atoms with E-state index in [1.54, 1.807) is 0 Å². The fourth-order valence-electron chi connectivity index (χ4n) is 4.35. The summed E-state index contributed by atoms with van der Waals surface area (Å²) in [4.78, 5) is 40.1. The van der Waals surface area contributed by atoms with Crippen LogP contribution in [0.25, 0.3) is 0 Å². The van der Waals surface area contributed by atoms with Crippen molar-refractivity contribution in [2.75, 3.05) is 5.75 Å². The maximum Gasteiger partial charge on any atom is 0.359 e. The van der Waals surface area contributed by atoms with Gasteiger partial charge in [-0.3, -0.25) is 14.5 Å². The van der Waals surface area contributed by atoms with E-state index in [2.05, 4.69) is 5.32 Å². The fourth-order valence-corrected chi connectivity index (χ4v) is 5.55. The highest BCUT2D eigenvalue weighted by Gasteiger charge is 2.55. The van der Waals surface area contributed by atoms with Gasteiger partial charge in [0.2, 0.25) is 5.91 Å². The lowest BCUT2D eigenvalue weighted by Crippen LogP contribution is -2.70. The van der Waals surface area contributed by atoms with Gasteiger partial charge in [-0.2, -0.15) is 0 Å². The number of carbonyl (C=O) groups is 3. The number of esters is 1. The molecule has 2 aliphatic heterocycles. The van der Waals surface area contributed by atoms with Gasteiger partial charge in [0.05, 0.1) is 12.2 Å². The molecule has 1 fully saturated rings. The molecule has 2 N–H and O–H groups in total. The van der Waals surface area contributed by atoms with Crippen LogP contribution in [0.1, 0.15) is 22.8 Å². The predicted octanol–water partition coefficient (Wildman–Crippen LogP) is 3.73. The summed E-state index contributed by atoms with van der Waals surface area (Å²) in [6.07, 6.45) is -0.570. The molecule has 0 saturated carbocycles. The zero-order chi connectivity index (χ0) is 25.1. The number of amides is 2. The maximum absolute atomic E-state index is 13.3. The molecule has 0 aliphatic carbocycles. The Balaban J connectivity index is 1.32. The minimum absolute atomic E-state index is 0.130. The van der Waals surface area contributed by atoms with E-state index in [4.69, 9.17) is 4.74 Å². The van der Waals surface area contributed by atoms with Crippen LogP contribution in [0.5, 0.6) is 0 Å². The Bertz CT molecular complexity index is 1260. The highest BCUT2D eigenvalue weighted by atomic mass is 32.2. The first-order valence-corrected chi connectivity index (χ1v) is 12.6. The fraction of sp³-hybridized carbons (Fsp3) is 0.179. The van der Waals surface area contributed by atoms with Gasteiger partial charge in [0.1, 0.15) is 17.2 Å². The van der Waals surface area contributed by atoms with Gasteiger partial charge in [0, 0.05) is 0 Å². The van der Waals surface area contributed by atoms with Gasteiger partial charge in [-0.05, 0) is 16.7 Å². The van der Waals surface area contributed by atoms with Crippen molar-refractivity contribution >= 4 is 29.5 Å². The average molecular weight is 501 g/mol. The van der Waals surface area contributed by atoms with Crippen LogP contribution in [0.3, 0.4) is 0 Å². The van der Waals surface area contributed by atoms with Gasteiger partial charge < -0.3 is 15.2 Å². The van der Waals surface area contributed by atoms with Crippen molar-refractivity contribution in [1.29, 1.82) is 0 Å². The number of nitrogens with zero attached hydrogens (tertiary/aromatic N) is 1. The van der Waals surface area contributed by atoms with E-state index in [-0.39, 0.29) is 29.5 Å². The normalized spacial score (nSPS) is 18.9. The Hall–Kier alpha value is -4.04. The first-order chi connectivity index (χ1) is 17.5. The number of nitrogens with one attached hydrogen (secondary N) is 1. The molecule has 7 nitrogen and oxygen atoms in total. The highest BCUT2D eigenvalue weighted by molar-refractivity contribution is 8.00. The summed E-state index contributed by atoms with van der Waals surface area (Å²) in [5, 5.41) is 12.8. The van der Waals surface area contributed by atoms with E-state index >= 15 is 0 Å². The minimum atomic E-state index is -0.794. The smallest absolute Gasteiger partial charge is 0.359 e. The Morgan fingerprint density at radius 2 is 1.50 bits per heavy atom. The van der Waals surface area contributed by atoms with Gasteiger partial charge in [0.15, 0.2) is 11.8 Å². The second kappa shape index (κ2) is 10.3. The van der Waals surface area contributed by atoms with Gasteiger partial charge in [-0.25, -0.2) is 4.79 Å². The summed E-state index contributed by atoms with van der Waals surface area (Å²) < 4.78 is 5.88. The lowest BCUT2D eigenvalue weighted by atomic mass is 10.0. The Kier molecular flexibility index (Phi) is 6.77. The zero-order valence-electron chi connectivity index (χ0n) is 19.2. The van der Waals surface area contributed by atoms with Gasteiger partial charge in [-0.15, -0.1) is 11.8 Å². The average Bonchev–Trinajstić information content (AvgIpc) is 2.91. The summed E-state index contributed by atoms with van der Waals surface area (Å²) in [5.74, 6) is -1.62. The van der Waals surface area contributed by atoms with Crippen LogP contribution >= 0.6 is 11.8 Å². The summed E-state index contributed by atoms with van der Waals surface area (Å²) >= 11 is 1.29.